The fraction of sp³-hybridized carbons (Fsp3) is 0.194. The van der Waals surface area contributed by atoms with Gasteiger partial charge in [-0.2, -0.15) is 5.10 Å². The van der Waals surface area contributed by atoms with Gasteiger partial charge in [0.15, 0.2) is 17.3 Å². The van der Waals surface area contributed by atoms with Gasteiger partial charge in [-0.25, -0.2) is 18.2 Å². The van der Waals surface area contributed by atoms with Gasteiger partial charge in [0, 0.05) is 29.6 Å². The Kier molecular flexibility index (Phi) is 7.39. The molecule has 0 bridgehead atoms. The lowest BCUT2D eigenvalue weighted by Gasteiger charge is -2.26. The average molecular weight is 558 g/mol. The van der Waals surface area contributed by atoms with Crippen molar-refractivity contribution >= 4 is 22.5 Å². The molecule has 7 nitrogen and oxygen atoms in total. The number of halogens is 3. The molecule has 0 atom stereocenters. The number of H-pyrrole nitrogens is 1. The first-order valence-corrected chi connectivity index (χ1v) is 13.3. The van der Waals surface area contributed by atoms with Crippen molar-refractivity contribution in [2.75, 3.05) is 18.4 Å². The highest BCUT2D eigenvalue weighted by atomic mass is 19.2. The van der Waals surface area contributed by atoms with Crippen LogP contribution in [0.25, 0.3) is 22.0 Å². The topological polar surface area (TPSA) is 83.1 Å². The molecule has 1 aliphatic heterocycles. The van der Waals surface area contributed by atoms with Crippen LogP contribution in [0.4, 0.5) is 18.9 Å². The first-order valence-electron chi connectivity index (χ1n) is 13.3. The van der Waals surface area contributed by atoms with Gasteiger partial charge in [-0.05, 0) is 79.5 Å². The van der Waals surface area contributed by atoms with Crippen molar-refractivity contribution in [3.63, 3.8) is 0 Å². The number of benzene rings is 3. The molecule has 1 amide bonds. The first-order chi connectivity index (χ1) is 19.9. The van der Waals surface area contributed by atoms with Gasteiger partial charge >= 0.3 is 0 Å². The number of anilines is 1. The second kappa shape index (κ2) is 11.4. The van der Waals surface area contributed by atoms with E-state index in [0.29, 0.717) is 40.0 Å². The zero-order valence-corrected chi connectivity index (χ0v) is 22.0. The number of ether oxygens (including phenoxy) is 1. The summed E-state index contributed by atoms with van der Waals surface area (Å²) in [5, 5.41) is 10.2. The number of amides is 1. The van der Waals surface area contributed by atoms with E-state index in [0.717, 1.165) is 25.9 Å². The Bertz CT molecular complexity index is 1720. The summed E-state index contributed by atoms with van der Waals surface area (Å²) in [6.45, 7) is 2.42. The summed E-state index contributed by atoms with van der Waals surface area (Å²) >= 11 is 0. The zero-order valence-electron chi connectivity index (χ0n) is 22.0. The molecular formula is C31H26F3N5O2. The van der Waals surface area contributed by atoms with Gasteiger partial charge in [0.05, 0.1) is 17.4 Å². The van der Waals surface area contributed by atoms with E-state index in [1.54, 1.807) is 36.4 Å². The number of hydrogen-bond acceptors (Lipinski definition) is 5. The second-order valence-electron chi connectivity index (χ2n) is 10.0. The molecule has 0 radical (unpaired) electrons. The number of aromatic nitrogens is 3. The van der Waals surface area contributed by atoms with Crippen molar-refractivity contribution in [1.29, 1.82) is 0 Å². The average Bonchev–Trinajstić information content (AvgIpc) is 3.40. The number of carbonyl (C=O) groups is 1. The molecule has 2 aromatic heterocycles. The van der Waals surface area contributed by atoms with Crippen LogP contribution in [-0.4, -0.2) is 39.1 Å². The summed E-state index contributed by atoms with van der Waals surface area (Å²) in [5.41, 5.74) is 2.30. The number of piperidine rings is 1. The normalized spacial score (nSPS) is 13.8. The van der Waals surface area contributed by atoms with Gasteiger partial charge in [-0.1, -0.05) is 18.6 Å². The number of fused-ring (bicyclic) bond motifs is 1. The van der Waals surface area contributed by atoms with Gasteiger partial charge in [0.25, 0.3) is 5.91 Å². The number of rotatable bonds is 7. The van der Waals surface area contributed by atoms with Crippen LogP contribution in [0.15, 0.2) is 72.9 Å². The summed E-state index contributed by atoms with van der Waals surface area (Å²) in [7, 11) is 0. The van der Waals surface area contributed by atoms with Gasteiger partial charge in [0.1, 0.15) is 11.6 Å². The van der Waals surface area contributed by atoms with E-state index in [2.05, 4.69) is 25.4 Å². The molecule has 3 heterocycles. The maximum atomic E-state index is 15.0. The van der Waals surface area contributed by atoms with E-state index in [1.165, 1.54) is 42.9 Å². The molecule has 0 saturated carbocycles. The Labute approximate surface area is 234 Å². The number of carbonyl (C=O) groups excluding carboxylic acids is 1. The number of nitrogens with one attached hydrogen (secondary N) is 2. The third kappa shape index (κ3) is 5.92. The van der Waals surface area contributed by atoms with Crippen LogP contribution in [0.3, 0.4) is 0 Å². The predicted octanol–water partition coefficient (Wildman–Crippen LogP) is 7.07. The van der Waals surface area contributed by atoms with Gasteiger partial charge < -0.3 is 10.1 Å². The standard InChI is InChI=1S/C31H26F3N5O2/c32-21-5-4-6-23(16-21)41-28-10-8-22(17-35-28)36-31(40)30-25-15-20(7-9-27(25)37-38-30)24-13-19(14-26(33)29(24)34)18-39-11-2-1-3-12-39/h4-10,13-17H,1-3,11-12,18H2,(H,36,40)(H,37,38). The SMILES string of the molecule is O=C(Nc1ccc(Oc2cccc(F)c2)nc1)c1n[nH]c2ccc(-c3cc(CN4CCCCC4)cc(F)c3F)cc12. The van der Waals surface area contributed by atoms with Crippen LogP contribution >= 0.6 is 0 Å². The predicted molar refractivity (Wildman–Crippen MR) is 149 cm³/mol. The Morgan fingerprint density at radius 2 is 1.83 bits per heavy atom. The maximum absolute atomic E-state index is 15.0. The minimum atomic E-state index is -0.937. The van der Waals surface area contributed by atoms with Crippen LogP contribution in [0.1, 0.15) is 35.3 Å². The van der Waals surface area contributed by atoms with Crippen molar-refractivity contribution in [3.8, 4) is 22.8 Å². The molecule has 0 unspecified atom stereocenters. The lowest BCUT2D eigenvalue weighted by Crippen LogP contribution is -2.29. The van der Waals surface area contributed by atoms with Crippen LogP contribution in [0.2, 0.25) is 0 Å². The van der Waals surface area contributed by atoms with Crippen molar-refractivity contribution in [1.82, 2.24) is 20.1 Å². The monoisotopic (exact) mass is 557 g/mol. The van der Waals surface area contributed by atoms with E-state index in [9.17, 15) is 18.0 Å². The third-order valence-corrected chi connectivity index (χ3v) is 7.04. The molecule has 208 valence electrons. The van der Waals surface area contributed by atoms with Crippen LogP contribution in [0, 0.1) is 17.5 Å². The largest absolute Gasteiger partial charge is 0.439 e. The third-order valence-electron chi connectivity index (χ3n) is 7.04. The summed E-state index contributed by atoms with van der Waals surface area (Å²) in [6, 6.07) is 16.7. The van der Waals surface area contributed by atoms with Gasteiger partial charge in [-0.15, -0.1) is 0 Å². The molecule has 0 aliphatic carbocycles. The smallest absolute Gasteiger partial charge is 0.276 e. The van der Waals surface area contributed by atoms with E-state index in [4.69, 9.17) is 4.74 Å². The Morgan fingerprint density at radius 1 is 0.976 bits per heavy atom. The molecule has 1 aliphatic rings. The van der Waals surface area contributed by atoms with E-state index in [1.807, 2.05) is 0 Å². The molecule has 2 N–H and O–H groups in total. The summed E-state index contributed by atoms with van der Waals surface area (Å²) < 4.78 is 48.6. The first kappa shape index (κ1) is 26.5. The van der Waals surface area contributed by atoms with Crippen molar-refractivity contribution in [3.05, 3.63) is 102 Å². The van der Waals surface area contributed by atoms with Gasteiger partial charge in [-0.3, -0.25) is 14.8 Å². The lowest BCUT2D eigenvalue weighted by molar-refractivity contribution is 0.102. The summed E-state index contributed by atoms with van der Waals surface area (Å²) in [5.74, 6) is -2.27. The highest BCUT2D eigenvalue weighted by Gasteiger charge is 2.19. The van der Waals surface area contributed by atoms with Gasteiger partial charge in [0.2, 0.25) is 5.88 Å². The van der Waals surface area contributed by atoms with E-state index >= 15 is 0 Å². The molecule has 1 fully saturated rings. The van der Waals surface area contributed by atoms with E-state index < -0.39 is 23.4 Å². The Morgan fingerprint density at radius 3 is 2.61 bits per heavy atom. The minimum Gasteiger partial charge on any atom is -0.439 e. The Hall–Kier alpha value is -4.70. The molecular weight excluding hydrogens is 531 g/mol. The quantitative estimate of drug-likeness (QED) is 0.224. The summed E-state index contributed by atoms with van der Waals surface area (Å²) in [6.07, 6.45) is 4.79. The zero-order chi connectivity index (χ0) is 28.3. The maximum Gasteiger partial charge on any atom is 0.276 e. The summed E-state index contributed by atoms with van der Waals surface area (Å²) in [4.78, 5) is 19.5. The van der Waals surface area contributed by atoms with Crippen LogP contribution in [-0.2, 0) is 6.54 Å². The number of likely N-dealkylation sites (tertiary alicyclic amines) is 1. The molecule has 41 heavy (non-hydrogen) atoms. The molecule has 1 saturated heterocycles. The number of aromatic amines is 1. The molecule has 10 heteroatoms. The number of hydrogen-bond donors (Lipinski definition) is 2. The van der Waals surface area contributed by atoms with Crippen LogP contribution < -0.4 is 10.1 Å². The minimum absolute atomic E-state index is 0.0901. The fourth-order valence-electron chi connectivity index (χ4n) is 5.03. The Balaban J connectivity index is 1.22. The van der Waals surface area contributed by atoms with E-state index in [-0.39, 0.29) is 17.1 Å². The second-order valence-corrected chi connectivity index (χ2v) is 10.0. The fourth-order valence-corrected chi connectivity index (χ4v) is 5.03. The molecule has 0 spiro atoms. The molecule has 5 aromatic rings. The van der Waals surface area contributed by atoms with Crippen molar-refractivity contribution < 1.29 is 22.7 Å². The number of pyridine rings is 1. The highest BCUT2D eigenvalue weighted by Crippen LogP contribution is 2.31. The van der Waals surface area contributed by atoms with Crippen LogP contribution in [0.5, 0.6) is 11.6 Å². The molecule has 6 rings (SSSR count). The molecule has 3 aromatic carbocycles. The lowest BCUT2D eigenvalue weighted by atomic mass is 9.99. The highest BCUT2D eigenvalue weighted by molar-refractivity contribution is 6.11. The van der Waals surface area contributed by atoms with Crippen molar-refractivity contribution in [2.45, 2.75) is 25.8 Å². The van der Waals surface area contributed by atoms with Crippen molar-refractivity contribution in [2.24, 2.45) is 0 Å². The number of nitrogens with zero attached hydrogens (tertiary/aromatic N) is 3.